The van der Waals surface area contributed by atoms with Crippen molar-refractivity contribution in [2.24, 2.45) is 17.6 Å². The van der Waals surface area contributed by atoms with Gasteiger partial charge in [-0.1, -0.05) is 26.2 Å². The molecule has 0 amide bonds. The molecule has 0 saturated heterocycles. The van der Waals surface area contributed by atoms with Gasteiger partial charge in [-0.15, -0.1) is 11.3 Å². The second kappa shape index (κ2) is 4.03. The minimum absolute atomic E-state index is 0.256. The summed E-state index contributed by atoms with van der Waals surface area (Å²) in [4.78, 5) is 1.39. The first-order chi connectivity index (χ1) is 6.70. The highest BCUT2D eigenvalue weighted by molar-refractivity contribution is 7.10. The van der Waals surface area contributed by atoms with Gasteiger partial charge in [-0.3, -0.25) is 0 Å². The summed E-state index contributed by atoms with van der Waals surface area (Å²) >= 11 is 1.81. The minimum atomic E-state index is 0.256. The van der Waals surface area contributed by atoms with Crippen LogP contribution >= 0.6 is 11.3 Å². The van der Waals surface area contributed by atoms with Gasteiger partial charge in [0.2, 0.25) is 0 Å². The SMILES string of the molecule is Cc1sccc1C(N)C(C)C1CCC1. The molecule has 2 heteroatoms. The van der Waals surface area contributed by atoms with Gasteiger partial charge in [-0.2, -0.15) is 0 Å². The summed E-state index contributed by atoms with van der Waals surface area (Å²) in [5, 5.41) is 2.15. The molecule has 1 saturated carbocycles. The number of nitrogens with two attached hydrogens (primary N) is 1. The van der Waals surface area contributed by atoms with Crippen LogP contribution in [0.15, 0.2) is 11.4 Å². The lowest BCUT2D eigenvalue weighted by molar-refractivity contribution is 0.193. The Bertz CT molecular complexity index is 301. The van der Waals surface area contributed by atoms with Crippen molar-refractivity contribution in [3.63, 3.8) is 0 Å². The lowest BCUT2D eigenvalue weighted by Crippen LogP contribution is -2.29. The molecule has 0 aliphatic heterocycles. The molecule has 2 rings (SSSR count). The third-order valence-corrected chi connectivity index (χ3v) is 4.58. The third-order valence-electron chi connectivity index (χ3n) is 3.72. The molecule has 78 valence electrons. The summed E-state index contributed by atoms with van der Waals surface area (Å²) in [6.07, 6.45) is 4.18. The molecule has 14 heavy (non-hydrogen) atoms. The Balaban J connectivity index is 2.07. The van der Waals surface area contributed by atoms with Crippen LogP contribution in [-0.2, 0) is 0 Å². The zero-order valence-electron chi connectivity index (χ0n) is 8.99. The fourth-order valence-corrected chi connectivity index (χ4v) is 3.04. The van der Waals surface area contributed by atoms with E-state index in [4.69, 9.17) is 5.73 Å². The molecule has 1 nitrogen and oxygen atoms in total. The van der Waals surface area contributed by atoms with E-state index in [1.165, 1.54) is 29.7 Å². The highest BCUT2D eigenvalue weighted by atomic mass is 32.1. The normalized spacial score (nSPS) is 21.6. The topological polar surface area (TPSA) is 26.0 Å². The first-order valence-electron chi connectivity index (χ1n) is 5.49. The van der Waals surface area contributed by atoms with Crippen LogP contribution in [0.5, 0.6) is 0 Å². The Morgan fingerprint density at radius 3 is 2.64 bits per heavy atom. The van der Waals surface area contributed by atoms with Crippen LogP contribution in [0.2, 0.25) is 0 Å². The summed E-state index contributed by atoms with van der Waals surface area (Å²) in [5.41, 5.74) is 7.67. The highest BCUT2D eigenvalue weighted by Crippen LogP contribution is 2.39. The maximum absolute atomic E-state index is 6.30. The zero-order chi connectivity index (χ0) is 10.1. The molecule has 0 aromatic carbocycles. The number of thiophene rings is 1. The molecule has 2 N–H and O–H groups in total. The molecule has 2 unspecified atom stereocenters. The lowest BCUT2D eigenvalue weighted by Gasteiger charge is -2.35. The van der Waals surface area contributed by atoms with Crippen molar-refractivity contribution in [1.29, 1.82) is 0 Å². The van der Waals surface area contributed by atoms with Gasteiger partial charge in [0.25, 0.3) is 0 Å². The first kappa shape index (κ1) is 10.2. The van der Waals surface area contributed by atoms with Crippen molar-refractivity contribution in [3.05, 3.63) is 21.9 Å². The molecule has 0 bridgehead atoms. The van der Waals surface area contributed by atoms with Gasteiger partial charge in [0.15, 0.2) is 0 Å². The Labute approximate surface area is 90.3 Å². The van der Waals surface area contributed by atoms with Crippen LogP contribution in [0.25, 0.3) is 0 Å². The molecular formula is C12H19NS. The predicted molar refractivity (Wildman–Crippen MR) is 62.5 cm³/mol. The van der Waals surface area contributed by atoms with Gasteiger partial charge in [0.05, 0.1) is 0 Å². The van der Waals surface area contributed by atoms with Crippen LogP contribution in [0.4, 0.5) is 0 Å². The van der Waals surface area contributed by atoms with Gasteiger partial charge in [0, 0.05) is 10.9 Å². The Morgan fingerprint density at radius 1 is 1.50 bits per heavy atom. The van der Waals surface area contributed by atoms with Crippen molar-refractivity contribution in [1.82, 2.24) is 0 Å². The molecular weight excluding hydrogens is 190 g/mol. The van der Waals surface area contributed by atoms with E-state index in [0.29, 0.717) is 5.92 Å². The van der Waals surface area contributed by atoms with Gasteiger partial charge in [-0.25, -0.2) is 0 Å². The molecule has 1 heterocycles. The highest BCUT2D eigenvalue weighted by Gasteiger charge is 2.29. The van der Waals surface area contributed by atoms with E-state index in [-0.39, 0.29) is 6.04 Å². The standard InChI is InChI=1S/C12H19NS/c1-8(10-4-3-5-10)12(13)11-6-7-14-9(11)2/h6-8,10,12H,3-5,13H2,1-2H3. The minimum Gasteiger partial charge on any atom is -0.324 e. The van der Waals surface area contributed by atoms with Gasteiger partial charge in [0.1, 0.15) is 0 Å². The van der Waals surface area contributed by atoms with Crippen LogP contribution < -0.4 is 5.73 Å². The second-order valence-electron chi connectivity index (χ2n) is 4.51. The largest absolute Gasteiger partial charge is 0.324 e. The Kier molecular flexibility index (Phi) is 2.93. The van der Waals surface area contributed by atoms with Crippen LogP contribution in [0, 0.1) is 18.8 Å². The molecule has 0 spiro atoms. The maximum atomic E-state index is 6.30. The van der Waals surface area contributed by atoms with Crippen molar-refractivity contribution in [2.45, 2.75) is 39.2 Å². The molecule has 1 aromatic heterocycles. The number of hydrogen-bond donors (Lipinski definition) is 1. The van der Waals surface area contributed by atoms with E-state index in [0.717, 1.165) is 5.92 Å². The van der Waals surface area contributed by atoms with E-state index in [9.17, 15) is 0 Å². The first-order valence-corrected chi connectivity index (χ1v) is 6.37. The molecule has 1 aromatic rings. The van der Waals surface area contributed by atoms with Crippen LogP contribution in [0.3, 0.4) is 0 Å². The monoisotopic (exact) mass is 209 g/mol. The number of aryl methyl sites for hydroxylation is 1. The Morgan fingerprint density at radius 2 is 2.21 bits per heavy atom. The van der Waals surface area contributed by atoms with Crippen molar-refractivity contribution in [3.8, 4) is 0 Å². The average Bonchev–Trinajstić information content (AvgIpc) is 2.47. The van der Waals surface area contributed by atoms with Gasteiger partial charge in [-0.05, 0) is 35.8 Å². The fraction of sp³-hybridized carbons (Fsp3) is 0.667. The predicted octanol–water partition coefficient (Wildman–Crippen LogP) is 3.49. The molecule has 1 aliphatic rings. The van der Waals surface area contributed by atoms with E-state index in [1.807, 2.05) is 11.3 Å². The molecule has 1 aliphatic carbocycles. The summed E-state index contributed by atoms with van der Waals surface area (Å²) in [6, 6.07) is 2.45. The third kappa shape index (κ3) is 1.73. The number of rotatable bonds is 3. The maximum Gasteiger partial charge on any atom is 0.0334 e. The average molecular weight is 209 g/mol. The molecule has 1 fully saturated rings. The van der Waals surface area contributed by atoms with Crippen LogP contribution in [0.1, 0.15) is 42.7 Å². The van der Waals surface area contributed by atoms with Gasteiger partial charge < -0.3 is 5.73 Å². The summed E-state index contributed by atoms with van der Waals surface area (Å²) < 4.78 is 0. The summed E-state index contributed by atoms with van der Waals surface area (Å²) in [7, 11) is 0. The van der Waals surface area contributed by atoms with Gasteiger partial charge >= 0.3 is 0 Å². The van der Waals surface area contributed by atoms with Crippen molar-refractivity contribution in [2.75, 3.05) is 0 Å². The van der Waals surface area contributed by atoms with Crippen molar-refractivity contribution < 1.29 is 0 Å². The number of hydrogen-bond acceptors (Lipinski definition) is 2. The van der Waals surface area contributed by atoms with E-state index >= 15 is 0 Å². The lowest BCUT2D eigenvalue weighted by atomic mass is 9.73. The summed E-state index contributed by atoms with van der Waals surface area (Å²) in [5.74, 6) is 1.53. The smallest absolute Gasteiger partial charge is 0.0334 e. The van der Waals surface area contributed by atoms with Crippen molar-refractivity contribution >= 4 is 11.3 Å². The summed E-state index contributed by atoms with van der Waals surface area (Å²) in [6.45, 7) is 4.49. The quantitative estimate of drug-likeness (QED) is 0.810. The fourth-order valence-electron chi connectivity index (χ4n) is 2.28. The molecule has 0 radical (unpaired) electrons. The van der Waals surface area contributed by atoms with E-state index in [1.54, 1.807) is 0 Å². The second-order valence-corrected chi connectivity index (χ2v) is 5.63. The zero-order valence-corrected chi connectivity index (χ0v) is 9.81. The van der Waals surface area contributed by atoms with Crippen LogP contribution in [-0.4, -0.2) is 0 Å². The molecule has 2 atom stereocenters. The Hall–Kier alpha value is -0.340. The van der Waals surface area contributed by atoms with E-state index in [2.05, 4.69) is 25.3 Å². The van der Waals surface area contributed by atoms with E-state index < -0.39 is 0 Å².